The molecule has 0 aromatic heterocycles. The molecule has 2 aromatic rings. The summed E-state index contributed by atoms with van der Waals surface area (Å²) in [4.78, 5) is 28.2. The molecule has 35 heavy (non-hydrogen) atoms. The van der Waals surface area contributed by atoms with Crippen LogP contribution in [0.3, 0.4) is 0 Å². The summed E-state index contributed by atoms with van der Waals surface area (Å²) in [5.41, 5.74) is 0.922. The van der Waals surface area contributed by atoms with Crippen molar-refractivity contribution in [2.24, 2.45) is 0 Å². The molecule has 0 heterocycles. The summed E-state index contributed by atoms with van der Waals surface area (Å²) in [6.45, 7) is 7.26. The molecule has 2 aromatic carbocycles. The molecule has 0 saturated heterocycles. The molecule has 2 rings (SSSR count). The number of hydrogen-bond donors (Lipinski definition) is 1. The first-order chi connectivity index (χ1) is 17.0. The number of amides is 2. The standard InChI is InChI=1S/C29H42N2O3S/c1-4-6-8-10-12-21-30-29(33)31(22-13-11-9-7-5-2)25-15-14-16-28(23-25)35-27-19-17-26(18-20-27)34-24(3)32/h14-20,23H,4-13,21-22H2,1-3H3,(H,30,33). The molecule has 0 radical (unpaired) electrons. The second-order valence-corrected chi connectivity index (χ2v) is 10.0. The Labute approximate surface area is 216 Å². The molecule has 0 aliphatic carbocycles. The highest BCUT2D eigenvalue weighted by Crippen LogP contribution is 2.31. The average molecular weight is 499 g/mol. The predicted octanol–water partition coefficient (Wildman–Crippen LogP) is 8.22. The number of nitrogens with zero attached hydrogens (tertiary/aromatic N) is 1. The first kappa shape index (κ1) is 28.8. The van der Waals surface area contributed by atoms with E-state index in [0.29, 0.717) is 5.75 Å². The van der Waals surface area contributed by atoms with Crippen molar-refractivity contribution in [3.8, 4) is 5.75 Å². The van der Waals surface area contributed by atoms with Gasteiger partial charge in [-0.15, -0.1) is 0 Å². The van der Waals surface area contributed by atoms with E-state index in [1.54, 1.807) is 23.9 Å². The number of hydrogen-bond acceptors (Lipinski definition) is 4. The van der Waals surface area contributed by atoms with Gasteiger partial charge in [0.25, 0.3) is 0 Å². The predicted molar refractivity (Wildman–Crippen MR) is 147 cm³/mol. The second-order valence-electron chi connectivity index (χ2n) is 8.88. The van der Waals surface area contributed by atoms with E-state index in [4.69, 9.17) is 4.74 Å². The van der Waals surface area contributed by atoms with E-state index in [-0.39, 0.29) is 12.0 Å². The van der Waals surface area contributed by atoms with Crippen LogP contribution in [-0.4, -0.2) is 25.1 Å². The summed E-state index contributed by atoms with van der Waals surface area (Å²) in [6.07, 6.45) is 11.7. The molecule has 0 spiro atoms. The average Bonchev–Trinajstić information content (AvgIpc) is 2.84. The van der Waals surface area contributed by atoms with Gasteiger partial charge in [0.05, 0.1) is 0 Å². The molecule has 5 nitrogen and oxygen atoms in total. The van der Waals surface area contributed by atoms with Gasteiger partial charge < -0.3 is 10.1 Å². The Bertz CT molecular complexity index is 886. The highest BCUT2D eigenvalue weighted by Gasteiger charge is 2.16. The molecular weight excluding hydrogens is 456 g/mol. The molecule has 2 amide bonds. The zero-order valence-electron chi connectivity index (χ0n) is 21.7. The Morgan fingerprint density at radius 1 is 0.829 bits per heavy atom. The van der Waals surface area contributed by atoms with Gasteiger partial charge in [-0.3, -0.25) is 9.69 Å². The summed E-state index contributed by atoms with van der Waals surface area (Å²) < 4.78 is 5.12. The number of carbonyl (C=O) groups is 2. The van der Waals surface area contributed by atoms with Gasteiger partial charge in [-0.1, -0.05) is 83.0 Å². The van der Waals surface area contributed by atoms with Crippen LogP contribution in [0.2, 0.25) is 0 Å². The topological polar surface area (TPSA) is 58.6 Å². The van der Waals surface area contributed by atoms with Crippen LogP contribution in [0.25, 0.3) is 0 Å². The van der Waals surface area contributed by atoms with Crippen LogP contribution in [0.15, 0.2) is 58.3 Å². The number of anilines is 1. The minimum atomic E-state index is -0.327. The van der Waals surface area contributed by atoms with Crippen molar-refractivity contribution < 1.29 is 14.3 Å². The van der Waals surface area contributed by atoms with E-state index in [1.807, 2.05) is 29.2 Å². The number of rotatable bonds is 16. The lowest BCUT2D eigenvalue weighted by atomic mass is 10.1. The van der Waals surface area contributed by atoms with Crippen molar-refractivity contribution in [1.29, 1.82) is 0 Å². The van der Waals surface area contributed by atoms with Gasteiger partial charge in [0.15, 0.2) is 0 Å². The Kier molecular flexibility index (Phi) is 14.0. The third-order valence-corrected chi connectivity index (χ3v) is 6.73. The van der Waals surface area contributed by atoms with E-state index >= 15 is 0 Å². The van der Waals surface area contributed by atoms with Crippen molar-refractivity contribution in [2.75, 3.05) is 18.0 Å². The van der Waals surface area contributed by atoms with Gasteiger partial charge in [-0.2, -0.15) is 0 Å². The van der Waals surface area contributed by atoms with E-state index in [9.17, 15) is 9.59 Å². The first-order valence-corrected chi connectivity index (χ1v) is 14.0. The molecule has 0 aliphatic rings. The lowest BCUT2D eigenvalue weighted by Gasteiger charge is -2.24. The monoisotopic (exact) mass is 498 g/mol. The smallest absolute Gasteiger partial charge is 0.321 e. The number of esters is 1. The lowest BCUT2D eigenvalue weighted by Crippen LogP contribution is -2.41. The van der Waals surface area contributed by atoms with Gasteiger partial charge in [-0.25, -0.2) is 4.79 Å². The van der Waals surface area contributed by atoms with Crippen LogP contribution in [0.4, 0.5) is 10.5 Å². The summed E-state index contributed by atoms with van der Waals surface area (Å²) in [6, 6.07) is 15.6. The highest BCUT2D eigenvalue weighted by molar-refractivity contribution is 7.99. The van der Waals surface area contributed by atoms with Gasteiger partial charge >= 0.3 is 12.0 Å². The Hall–Kier alpha value is -2.47. The van der Waals surface area contributed by atoms with Crippen molar-refractivity contribution in [1.82, 2.24) is 5.32 Å². The zero-order chi connectivity index (χ0) is 25.3. The fraction of sp³-hybridized carbons (Fsp3) is 0.517. The van der Waals surface area contributed by atoms with E-state index in [0.717, 1.165) is 54.3 Å². The van der Waals surface area contributed by atoms with Crippen molar-refractivity contribution in [2.45, 2.75) is 94.8 Å². The molecule has 0 atom stereocenters. The van der Waals surface area contributed by atoms with Gasteiger partial charge in [-0.05, 0) is 55.3 Å². The van der Waals surface area contributed by atoms with Crippen LogP contribution in [0.5, 0.6) is 5.75 Å². The molecule has 1 N–H and O–H groups in total. The Morgan fingerprint density at radius 3 is 2.14 bits per heavy atom. The molecule has 6 heteroatoms. The Morgan fingerprint density at radius 2 is 1.49 bits per heavy atom. The normalized spacial score (nSPS) is 10.7. The fourth-order valence-electron chi connectivity index (χ4n) is 3.83. The summed E-state index contributed by atoms with van der Waals surface area (Å²) in [5.74, 6) is 0.211. The minimum Gasteiger partial charge on any atom is -0.427 e. The lowest BCUT2D eigenvalue weighted by molar-refractivity contribution is -0.131. The summed E-state index contributed by atoms with van der Waals surface area (Å²) in [7, 11) is 0. The zero-order valence-corrected chi connectivity index (χ0v) is 22.5. The van der Waals surface area contributed by atoms with Crippen molar-refractivity contribution in [3.05, 3.63) is 48.5 Å². The fourth-order valence-corrected chi connectivity index (χ4v) is 4.70. The number of nitrogens with one attached hydrogen (secondary N) is 1. The van der Waals surface area contributed by atoms with Crippen molar-refractivity contribution in [3.63, 3.8) is 0 Å². The van der Waals surface area contributed by atoms with Crippen LogP contribution in [0, 0.1) is 0 Å². The molecule has 0 aliphatic heterocycles. The quantitative estimate of drug-likeness (QED) is 0.144. The number of unbranched alkanes of at least 4 members (excludes halogenated alkanes) is 8. The number of urea groups is 1. The Balaban J connectivity index is 2.03. The van der Waals surface area contributed by atoms with Gasteiger partial charge in [0.2, 0.25) is 0 Å². The third-order valence-electron chi connectivity index (χ3n) is 5.74. The SMILES string of the molecule is CCCCCCCNC(=O)N(CCCCCCC)c1cccc(Sc2ccc(OC(C)=O)cc2)c1. The molecule has 0 unspecified atom stereocenters. The highest BCUT2D eigenvalue weighted by atomic mass is 32.2. The second kappa shape index (κ2) is 17.0. The first-order valence-electron chi connectivity index (χ1n) is 13.1. The maximum Gasteiger partial charge on any atom is 0.321 e. The van der Waals surface area contributed by atoms with E-state index in [2.05, 4.69) is 31.3 Å². The van der Waals surface area contributed by atoms with E-state index in [1.165, 1.54) is 45.4 Å². The summed E-state index contributed by atoms with van der Waals surface area (Å²) in [5, 5.41) is 3.14. The van der Waals surface area contributed by atoms with Crippen LogP contribution >= 0.6 is 11.8 Å². The number of benzene rings is 2. The number of carbonyl (C=O) groups excluding carboxylic acids is 2. The third kappa shape index (κ3) is 11.7. The largest absolute Gasteiger partial charge is 0.427 e. The van der Waals surface area contributed by atoms with Crippen LogP contribution < -0.4 is 15.0 Å². The van der Waals surface area contributed by atoms with Crippen LogP contribution in [0.1, 0.15) is 85.0 Å². The maximum absolute atomic E-state index is 13.1. The van der Waals surface area contributed by atoms with E-state index < -0.39 is 0 Å². The minimum absolute atomic E-state index is 0.0103. The maximum atomic E-state index is 13.1. The summed E-state index contributed by atoms with van der Waals surface area (Å²) >= 11 is 1.62. The van der Waals surface area contributed by atoms with Crippen molar-refractivity contribution >= 4 is 29.4 Å². The van der Waals surface area contributed by atoms with Gasteiger partial charge in [0.1, 0.15) is 5.75 Å². The number of ether oxygens (including phenoxy) is 1. The molecular formula is C29H42N2O3S. The van der Waals surface area contributed by atoms with Gasteiger partial charge in [0, 0.05) is 35.5 Å². The molecule has 0 fully saturated rings. The molecule has 0 saturated carbocycles. The molecule has 0 bridgehead atoms. The van der Waals surface area contributed by atoms with Crippen LogP contribution in [-0.2, 0) is 4.79 Å². The molecule has 192 valence electrons.